The summed E-state index contributed by atoms with van der Waals surface area (Å²) < 4.78 is 1.76. The summed E-state index contributed by atoms with van der Waals surface area (Å²) in [5.41, 5.74) is 1.51. The summed E-state index contributed by atoms with van der Waals surface area (Å²) >= 11 is 5.87. The largest absolute Gasteiger partial charge is 0.476 e. The number of hydrogen-bond donors (Lipinski definition) is 2. The number of aromatic carboxylic acids is 1. The third-order valence-electron chi connectivity index (χ3n) is 2.85. The van der Waals surface area contributed by atoms with Crippen LogP contribution in [0.1, 0.15) is 30.0 Å². The number of nitrogens with zero attached hydrogens (tertiary/aromatic N) is 2. The molecule has 106 valence electrons. The van der Waals surface area contributed by atoms with E-state index in [0.717, 1.165) is 5.69 Å². The van der Waals surface area contributed by atoms with Gasteiger partial charge in [0.1, 0.15) is 6.33 Å². The first-order valence-electron chi connectivity index (χ1n) is 6.28. The van der Waals surface area contributed by atoms with Crippen LogP contribution < -0.4 is 5.32 Å². The summed E-state index contributed by atoms with van der Waals surface area (Å²) in [6.07, 6.45) is 1.52. The number of imidazole rings is 1. The highest BCUT2D eigenvalue weighted by atomic mass is 35.5. The number of aromatic nitrogens is 2. The topological polar surface area (TPSA) is 67.2 Å². The van der Waals surface area contributed by atoms with Gasteiger partial charge in [0.25, 0.3) is 0 Å². The van der Waals surface area contributed by atoms with Crippen molar-refractivity contribution in [1.29, 1.82) is 0 Å². The molecule has 0 fully saturated rings. The molecule has 2 rings (SSSR count). The van der Waals surface area contributed by atoms with Gasteiger partial charge in [-0.2, -0.15) is 0 Å². The Labute approximate surface area is 122 Å². The zero-order chi connectivity index (χ0) is 14.7. The van der Waals surface area contributed by atoms with Crippen molar-refractivity contribution in [1.82, 2.24) is 14.9 Å². The van der Waals surface area contributed by atoms with Gasteiger partial charge in [0.2, 0.25) is 0 Å². The van der Waals surface area contributed by atoms with Gasteiger partial charge in [-0.25, -0.2) is 9.78 Å². The Bertz CT molecular complexity index is 605. The highest BCUT2D eigenvalue weighted by Crippen LogP contribution is 2.18. The van der Waals surface area contributed by atoms with Crippen molar-refractivity contribution in [3.8, 4) is 5.69 Å². The number of nitrogens with one attached hydrogen (secondary N) is 1. The van der Waals surface area contributed by atoms with Crippen LogP contribution >= 0.6 is 11.6 Å². The molecule has 0 saturated carbocycles. The van der Waals surface area contributed by atoms with E-state index in [1.54, 1.807) is 16.7 Å². The molecule has 0 unspecified atom stereocenters. The van der Waals surface area contributed by atoms with Crippen LogP contribution in [0.2, 0.25) is 5.02 Å². The molecule has 1 aromatic carbocycles. The van der Waals surface area contributed by atoms with Crippen LogP contribution in [0.4, 0.5) is 0 Å². The van der Waals surface area contributed by atoms with Crippen molar-refractivity contribution in [3.63, 3.8) is 0 Å². The number of halogens is 1. The molecule has 0 aliphatic carbocycles. The van der Waals surface area contributed by atoms with Gasteiger partial charge >= 0.3 is 5.97 Å². The zero-order valence-corrected chi connectivity index (χ0v) is 12.1. The van der Waals surface area contributed by atoms with E-state index in [9.17, 15) is 9.90 Å². The molecule has 0 aliphatic heterocycles. The number of hydrogen-bond acceptors (Lipinski definition) is 3. The lowest BCUT2D eigenvalue weighted by Gasteiger charge is -2.12. The first-order chi connectivity index (χ1) is 9.49. The molecule has 0 aliphatic rings. The van der Waals surface area contributed by atoms with Crippen molar-refractivity contribution >= 4 is 17.6 Å². The lowest BCUT2D eigenvalue weighted by molar-refractivity contribution is 0.0689. The maximum Gasteiger partial charge on any atom is 0.356 e. The fraction of sp³-hybridized carbons (Fsp3) is 0.286. The zero-order valence-electron chi connectivity index (χ0n) is 11.3. The molecule has 0 saturated heterocycles. The van der Waals surface area contributed by atoms with E-state index in [2.05, 4.69) is 10.3 Å². The summed E-state index contributed by atoms with van der Waals surface area (Å²) in [7, 11) is 0. The molecule has 1 heterocycles. The fourth-order valence-electron chi connectivity index (χ4n) is 1.85. The summed E-state index contributed by atoms with van der Waals surface area (Å²) in [5, 5.41) is 13.1. The lowest BCUT2D eigenvalue weighted by atomic mass is 10.2. The third kappa shape index (κ3) is 3.18. The van der Waals surface area contributed by atoms with Gasteiger partial charge in [0.15, 0.2) is 5.69 Å². The first-order valence-corrected chi connectivity index (χ1v) is 6.65. The molecule has 1 aromatic heterocycles. The predicted octanol–water partition coefficient (Wildman–Crippen LogP) is 2.72. The van der Waals surface area contributed by atoms with Crippen molar-refractivity contribution in [3.05, 3.63) is 47.0 Å². The van der Waals surface area contributed by atoms with Crippen LogP contribution in [0.3, 0.4) is 0 Å². The Kier molecular flexibility index (Phi) is 4.42. The van der Waals surface area contributed by atoms with Crippen LogP contribution in [0.15, 0.2) is 30.6 Å². The second-order valence-electron chi connectivity index (χ2n) is 4.73. The molecule has 0 bridgehead atoms. The molecule has 6 heteroatoms. The minimum atomic E-state index is -1.03. The van der Waals surface area contributed by atoms with E-state index >= 15 is 0 Å². The minimum absolute atomic E-state index is 0.0631. The van der Waals surface area contributed by atoms with Gasteiger partial charge in [-0.05, 0) is 24.3 Å². The molecule has 2 N–H and O–H groups in total. The van der Waals surface area contributed by atoms with Gasteiger partial charge in [-0.15, -0.1) is 0 Å². The number of carbonyl (C=O) groups is 1. The summed E-state index contributed by atoms with van der Waals surface area (Å²) in [6.45, 7) is 4.44. The number of rotatable bonds is 5. The molecule has 20 heavy (non-hydrogen) atoms. The lowest BCUT2D eigenvalue weighted by Crippen LogP contribution is -2.24. The Morgan fingerprint density at radius 3 is 2.60 bits per heavy atom. The average Bonchev–Trinajstić information content (AvgIpc) is 2.81. The molecule has 0 spiro atoms. The van der Waals surface area contributed by atoms with Gasteiger partial charge < -0.3 is 15.0 Å². The van der Waals surface area contributed by atoms with Crippen LogP contribution in [0, 0.1) is 0 Å². The predicted molar refractivity (Wildman–Crippen MR) is 77.5 cm³/mol. The monoisotopic (exact) mass is 293 g/mol. The average molecular weight is 294 g/mol. The second kappa shape index (κ2) is 6.07. The van der Waals surface area contributed by atoms with Crippen LogP contribution in [-0.2, 0) is 6.54 Å². The first kappa shape index (κ1) is 14.6. The van der Waals surface area contributed by atoms with Crippen LogP contribution in [0.25, 0.3) is 5.69 Å². The van der Waals surface area contributed by atoms with E-state index in [0.29, 0.717) is 17.3 Å². The highest BCUT2D eigenvalue weighted by Gasteiger charge is 2.18. The Hall–Kier alpha value is -1.85. The van der Waals surface area contributed by atoms with E-state index < -0.39 is 5.97 Å². The van der Waals surface area contributed by atoms with E-state index in [1.165, 1.54) is 6.33 Å². The van der Waals surface area contributed by atoms with E-state index in [1.807, 2.05) is 26.0 Å². The molecule has 2 aromatic rings. The summed E-state index contributed by atoms with van der Waals surface area (Å²) in [6, 6.07) is 7.43. The van der Waals surface area contributed by atoms with Crippen molar-refractivity contribution in [2.75, 3.05) is 0 Å². The number of carboxylic acids is 1. The number of benzene rings is 1. The van der Waals surface area contributed by atoms with Crippen LogP contribution in [-0.4, -0.2) is 26.7 Å². The van der Waals surface area contributed by atoms with Gasteiger partial charge in [-0.1, -0.05) is 25.4 Å². The standard InChI is InChI=1S/C14H16ClN3O2/c1-9(2)16-7-12-13(14(19)20)17-8-18(12)11-5-3-10(15)4-6-11/h3-6,8-9,16H,7H2,1-2H3,(H,19,20). The maximum atomic E-state index is 11.2. The highest BCUT2D eigenvalue weighted by molar-refractivity contribution is 6.30. The second-order valence-corrected chi connectivity index (χ2v) is 5.16. The molecular formula is C14H16ClN3O2. The van der Waals surface area contributed by atoms with Gasteiger partial charge in [-0.3, -0.25) is 0 Å². The Morgan fingerprint density at radius 1 is 1.40 bits per heavy atom. The van der Waals surface area contributed by atoms with Crippen molar-refractivity contribution < 1.29 is 9.90 Å². The van der Waals surface area contributed by atoms with Crippen LogP contribution in [0.5, 0.6) is 0 Å². The smallest absolute Gasteiger partial charge is 0.356 e. The normalized spacial score (nSPS) is 11.0. The van der Waals surface area contributed by atoms with E-state index in [-0.39, 0.29) is 11.7 Å². The molecule has 0 radical (unpaired) electrons. The van der Waals surface area contributed by atoms with E-state index in [4.69, 9.17) is 11.6 Å². The van der Waals surface area contributed by atoms with Crippen molar-refractivity contribution in [2.24, 2.45) is 0 Å². The minimum Gasteiger partial charge on any atom is -0.476 e. The molecule has 0 amide bonds. The summed E-state index contributed by atoms with van der Waals surface area (Å²) in [4.78, 5) is 15.2. The SMILES string of the molecule is CC(C)NCc1c(C(=O)O)ncn1-c1ccc(Cl)cc1. The maximum absolute atomic E-state index is 11.2. The third-order valence-corrected chi connectivity index (χ3v) is 3.10. The molecule has 5 nitrogen and oxygen atoms in total. The van der Waals surface area contributed by atoms with Crippen molar-refractivity contribution in [2.45, 2.75) is 26.4 Å². The quantitative estimate of drug-likeness (QED) is 0.889. The summed E-state index contributed by atoms with van der Waals surface area (Å²) in [5.74, 6) is -1.03. The van der Waals surface area contributed by atoms with Gasteiger partial charge in [0, 0.05) is 23.3 Å². The van der Waals surface area contributed by atoms with Gasteiger partial charge in [0.05, 0.1) is 5.69 Å². The Morgan fingerprint density at radius 2 is 2.05 bits per heavy atom. The number of carboxylic acid groups (broad SMARTS) is 1. The molecular weight excluding hydrogens is 278 g/mol. The molecule has 0 atom stereocenters. The Balaban J connectivity index is 2.41. The fourth-order valence-corrected chi connectivity index (χ4v) is 1.97.